The van der Waals surface area contributed by atoms with Gasteiger partial charge < -0.3 is 14.7 Å². The molecule has 0 aliphatic rings. The second-order valence-electron chi connectivity index (χ2n) is 9.16. The summed E-state index contributed by atoms with van der Waals surface area (Å²) < 4.78 is 57.4. The zero-order valence-electron chi connectivity index (χ0n) is 22.7. The van der Waals surface area contributed by atoms with Crippen LogP contribution in [0.3, 0.4) is 0 Å². The van der Waals surface area contributed by atoms with E-state index in [1.54, 1.807) is 25.7 Å². The Morgan fingerprint density at radius 2 is 1.89 bits per heavy atom. The van der Waals surface area contributed by atoms with E-state index in [0.29, 0.717) is 51.2 Å². The lowest BCUT2D eigenvalue weighted by atomic mass is 9.86. The SMILES string of the molecule is C=C(/C=C(/F)CC)OC/C(C)=N/C(=N\CC(F)(F)F)N(CC)CCCC(C)(CO)CNNCCC(C)=O. The number of Topliss-reactive ketones (excluding diaryl/α,β-unsaturated/α-hetero) is 1. The molecule has 1 unspecified atom stereocenters. The Kier molecular flexibility index (Phi) is 16.9. The van der Waals surface area contributed by atoms with E-state index in [2.05, 4.69) is 27.4 Å². The number of guanidine groups is 1. The Hall–Kier alpha value is -2.31. The van der Waals surface area contributed by atoms with Crippen molar-refractivity contribution in [2.45, 2.75) is 66.5 Å². The molecule has 0 saturated carbocycles. The number of aliphatic hydroxyl groups excluding tert-OH is 1. The topological polar surface area (TPSA) is 98.6 Å². The molecule has 0 rings (SSSR count). The molecule has 37 heavy (non-hydrogen) atoms. The van der Waals surface area contributed by atoms with Gasteiger partial charge in [0.25, 0.3) is 0 Å². The third-order valence-corrected chi connectivity index (χ3v) is 5.31. The summed E-state index contributed by atoms with van der Waals surface area (Å²) in [6, 6.07) is 0. The highest BCUT2D eigenvalue weighted by Crippen LogP contribution is 2.22. The van der Waals surface area contributed by atoms with Gasteiger partial charge in [0.1, 0.15) is 30.5 Å². The maximum atomic E-state index is 13.4. The van der Waals surface area contributed by atoms with Crippen LogP contribution in [0.5, 0.6) is 0 Å². The number of allylic oxidation sites excluding steroid dienone is 2. The van der Waals surface area contributed by atoms with Gasteiger partial charge in [0.15, 0.2) is 0 Å². The van der Waals surface area contributed by atoms with Gasteiger partial charge in [-0.2, -0.15) is 13.2 Å². The number of halogens is 4. The Labute approximate surface area is 217 Å². The average Bonchev–Trinajstić information content (AvgIpc) is 2.82. The Balaban J connectivity index is 5.24. The fourth-order valence-electron chi connectivity index (χ4n) is 3.01. The summed E-state index contributed by atoms with van der Waals surface area (Å²) in [4.78, 5) is 20.6. The number of aliphatic imine (C=N–C) groups is 2. The molecular formula is C25H43F4N5O3. The molecule has 0 amide bonds. The summed E-state index contributed by atoms with van der Waals surface area (Å²) in [5, 5.41) is 9.87. The minimum Gasteiger partial charge on any atom is -0.488 e. The van der Waals surface area contributed by atoms with E-state index >= 15 is 0 Å². The van der Waals surface area contributed by atoms with Crippen LogP contribution < -0.4 is 10.9 Å². The third kappa shape index (κ3) is 17.7. The molecule has 0 aromatic rings. The van der Waals surface area contributed by atoms with Crippen molar-refractivity contribution in [3.05, 3.63) is 24.2 Å². The van der Waals surface area contributed by atoms with Crippen LogP contribution in [-0.2, 0) is 9.53 Å². The standard InChI is InChI=1S/C25H43F4N5O3/c1-7-22(26)14-21(5)37-15-19(3)33-23(30-17-25(27,28)29)34(8-2)13-9-11-24(6,18-35)16-32-31-12-10-20(4)36/h14,31-32,35H,5,7-13,15-18H2,1-4,6H3/b22-14+,30-23+,33-19+. The van der Waals surface area contributed by atoms with Crippen LogP contribution in [0, 0.1) is 5.41 Å². The van der Waals surface area contributed by atoms with E-state index in [9.17, 15) is 27.5 Å². The van der Waals surface area contributed by atoms with Gasteiger partial charge in [-0.05, 0) is 40.0 Å². The minimum absolute atomic E-state index is 0.0680. The lowest BCUT2D eigenvalue weighted by molar-refractivity contribution is -0.118. The highest BCUT2D eigenvalue weighted by molar-refractivity contribution is 5.96. The number of nitrogens with one attached hydrogen (secondary N) is 2. The molecule has 0 spiro atoms. The number of aliphatic hydroxyl groups is 1. The summed E-state index contributed by atoms with van der Waals surface area (Å²) in [5.41, 5.74) is 5.82. The summed E-state index contributed by atoms with van der Waals surface area (Å²) in [6.07, 6.45) is -1.62. The number of ketones is 1. The predicted octanol–water partition coefficient (Wildman–Crippen LogP) is 4.33. The lowest BCUT2D eigenvalue weighted by Gasteiger charge is -2.30. The van der Waals surface area contributed by atoms with Crippen molar-refractivity contribution in [3.63, 3.8) is 0 Å². The zero-order chi connectivity index (χ0) is 28.5. The number of alkyl halides is 3. The number of hydrazine groups is 1. The van der Waals surface area contributed by atoms with E-state index in [-0.39, 0.29) is 37.1 Å². The number of hydrogen-bond acceptors (Lipinski definition) is 6. The first-order chi connectivity index (χ1) is 17.2. The van der Waals surface area contributed by atoms with Gasteiger partial charge in [-0.1, -0.05) is 20.4 Å². The molecule has 0 aliphatic carbocycles. The Morgan fingerprint density at radius 3 is 2.43 bits per heavy atom. The molecule has 1 atom stereocenters. The minimum atomic E-state index is -4.49. The number of hydrogen-bond donors (Lipinski definition) is 3. The normalized spacial score (nSPS) is 14.9. The van der Waals surface area contributed by atoms with Crippen molar-refractivity contribution >= 4 is 17.5 Å². The fourth-order valence-corrected chi connectivity index (χ4v) is 3.01. The number of nitrogens with zero attached hydrogens (tertiary/aromatic N) is 3. The quantitative estimate of drug-likeness (QED) is 0.0458. The molecule has 0 fully saturated rings. The van der Waals surface area contributed by atoms with Crippen LogP contribution in [0.15, 0.2) is 34.2 Å². The van der Waals surface area contributed by atoms with Crippen LogP contribution in [0.1, 0.15) is 60.3 Å². The van der Waals surface area contributed by atoms with E-state index in [1.165, 1.54) is 6.92 Å². The highest BCUT2D eigenvalue weighted by atomic mass is 19.4. The second kappa shape index (κ2) is 18.0. The van der Waals surface area contributed by atoms with Crippen molar-refractivity contribution in [1.29, 1.82) is 0 Å². The van der Waals surface area contributed by atoms with Gasteiger partial charge in [-0.25, -0.2) is 14.4 Å². The summed E-state index contributed by atoms with van der Waals surface area (Å²) >= 11 is 0. The largest absolute Gasteiger partial charge is 0.488 e. The molecular weight excluding hydrogens is 494 g/mol. The van der Waals surface area contributed by atoms with Gasteiger partial charge in [0.05, 0.1) is 5.71 Å². The summed E-state index contributed by atoms with van der Waals surface area (Å²) in [5.74, 6) is -0.321. The molecule has 0 heterocycles. The van der Waals surface area contributed by atoms with Crippen molar-refractivity contribution in [3.8, 4) is 0 Å². The fraction of sp³-hybridized carbons (Fsp3) is 0.720. The molecule has 8 nitrogen and oxygen atoms in total. The molecule has 3 N–H and O–H groups in total. The van der Waals surface area contributed by atoms with Crippen molar-refractivity contribution < 1.29 is 32.2 Å². The molecule has 214 valence electrons. The number of carbonyl (C=O) groups excluding carboxylic acids is 1. The number of rotatable bonds is 18. The monoisotopic (exact) mass is 537 g/mol. The second-order valence-corrected chi connectivity index (χ2v) is 9.16. The van der Waals surface area contributed by atoms with Gasteiger partial charge >= 0.3 is 6.18 Å². The highest BCUT2D eigenvalue weighted by Gasteiger charge is 2.28. The first-order valence-electron chi connectivity index (χ1n) is 12.4. The van der Waals surface area contributed by atoms with Crippen LogP contribution in [0.4, 0.5) is 17.6 Å². The van der Waals surface area contributed by atoms with Crippen molar-refractivity contribution in [2.24, 2.45) is 15.4 Å². The smallest absolute Gasteiger partial charge is 0.408 e. The molecule has 0 bridgehead atoms. The number of ether oxygens (including phenoxy) is 1. The van der Waals surface area contributed by atoms with Gasteiger partial charge in [-0.15, -0.1) is 0 Å². The van der Waals surface area contributed by atoms with Gasteiger partial charge in [0.2, 0.25) is 5.96 Å². The third-order valence-electron chi connectivity index (χ3n) is 5.31. The lowest BCUT2D eigenvalue weighted by Crippen LogP contribution is -2.43. The summed E-state index contributed by atoms with van der Waals surface area (Å²) in [6.45, 7) is 12.1. The van der Waals surface area contributed by atoms with E-state index in [4.69, 9.17) is 4.74 Å². The average molecular weight is 538 g/mol. The molecule has 12 heteroatoms. The Morgan fingerprint density at radius 1 is 1.22 bits per heavy atom. The van der Waals surface area contributed by atoms with Crippen LogP contribution >= 0.6 is 0 Å². The van der Waals surface area contributed by atoms with Crippen LogP contribution in [-0.4, -0.2) is 79.6 Å². The summed E-state index contributed by atoms with van der Waals surface area (Å²) in [7, 11) is 0. The molecule has 0 saturated heterocycles. The van der Waals surface area contributed by atoms with Crippen LogP contribution in [0.2, 0.25) is 0 Å². The maximum Gasteiger partial charge on any atom is 0.408 e. The van der Waals surface area contributed by atoms with Crippen LogP contribution in [0.25, 0.3) is 0 Å². The predicted molar refractivity (Wildman–Crippen MR) is 139 cm³/mol. The van der Waals surface area contributed by atoms with Gasteiger partial charge in [0, 0.05) is 50.7 Å². The van der Waals surface area contributed by atoms with Gasteiger partial charge in [-0.3, -0.25) is 15.6 Å². The zero-order valence-corrected chi connectivity index (χ0v) is 22.7. The van der Waals surface area contributed by atoms with E-state index < -0.39 is 24.0 Å². The first-order valence-corrected chi connectivity index (χ1v) is 12.4. The first kappa shape index (κ1) is 34.7. The molecule has 0 aromatic carbocycles. The van der Waals surface area contributed by atoms with E-state index in [1.807, 2.05) is 6.92 Å². The molecule has 0 aliphatic heterocycles. The van der Waals surface area contributed by atoms with Crippen molar-refractivity contribution in [1.82, 2.24) is 15.8 Å². The molecule has 0 aromatic heterocycles. The number of carbonyl (C=O) groups is 1. The Bertz CT molecular complexity index is 800. The maximum absolute atomic E-state index is 13.4. The molecule has 0 radical (unpaired) electrons. The van der Waals surface area contributed by atoms with Crippen molar-refractivity contribution in [2.75, 3.05) is 45.9 Å². The van der Waals surface area contributed by atoms with E-state index in [0.717, 1.165) is 6.08 Å².